The van der Waals surface area contributed by atoms with Crippen LogP contribution in [-0.4, -0.2) is 10.5 Å². The average Bonchev–Trinajstić information content (AvgIpc) is 2.40. The zero-order valence-corrected chi connectivity index (χ0v) is 11.7. The Labute approximate surface area is 116 Å². The molecule has 0 saturated heterocycles. The van der Waals surface area contributed by atoms with Crippen LogP contribution in [0.3, 0.4) is 0 Å². The van der Waals surface area contributed by atoms with E-state index in [1.165, 1.54) is 0 Å². The van der Waals surface area contributed by atoms with Crippen molar-refractivity contribution in [1.29, 1.82) is 0 Å². The number of carbonyl (C=O) groups excluding carboxylic acids is 1. The maximum absolute atomic E-state index is 12.1. The molecule has 0 aliphatic carbocycles. The third-order valence-electron chi connectivity index (χ3n) is 2.32. The molecule has 0 saturated carbocycles. The normalized spacial score (nSPS) is 11.8. The van der Waals surface area contributed by atoms with Gasteiger partial charge in [-0.3, -0.25) is 4.79 Å². The zero-order valence-electron chi connectivity index (χ0n) is 9.30. The fourth-order valence-electron chi connectivity index (χ4n) is 1.41. The first-order valence-electron chi connectivity index (χ1n) is 5.19. The molecule has 18 heavy (non-hydrogen) atoms. The van der Waals surface area contributed by atoms with Crippen molar-refractivity contribution < 1.29 is 9.00 Å². The van der Waals surface area contributed by atoms with E-state index in [2.05, 4.69) is 20.7 Å². The zero-order chi connectivity index (χ0) is 13.0. The lowest BCUT2D eigenvalue weighted by molar-refractivity contribution is 0.112. The number of benzene rings is 2. The minimum atomic E-state index is -1.38. The van der Waals surface area contributed by atoms with Crippen LogP contribution in [0.5, 0.6) is 0 Å². The Morgan fingerprint density at radius 3 is 2.39 bits per heavy atom. The van der Waals surface area contributed by atoms with Crippen LogP contribution in [0.25, 0.3) is 0 Å². The van der Waals surface area contributed by atoms with Gasteiger partial charge in [0.15, 0.2) is 6.29 Å². The number of halogens is 1. The molecule has 1 unspecified atom stereocenters. The Hall–Kier alpha value is -1.46. The van der Waals surface area contributed by atoms with Gasteiger partial charge in [-0.2, -0.15) is 0 Å². The molecule has 0 radical (unpaired) electrons. The van der Waals surface area contributed by atoms with Crippen LogP contribution in [0.15, 0.2) is 57.9 Å². The van der Waals surface area contributed by atoms with Gasteiger partial charge >= 0.3 is 0 Å². The van der Waals surface area contributed by atoms with E-state index < -0.39 is 11.0 Å². The summed E-state index contributed by atoms with van der Waals surface area (Å²) in [5.41, 5.74) is 1.05. The van der Waals surface area contributed by atoms with E-state index in [-0.39, 0.29) is 0 Å². The van der Waals surface area contributed by atoms with Gasteiger partial charge in [0.1, 0.15) is 11.0 Å². The number of nitrogens with one attached hydrogen (secondary N) is 1. The smallest absolute Gasteiger partial charge is 0.152 e. The first kappa shape index (κ1) is 13.0. The van der Waals surface area contributed by atoms with E-state index >= 15 is 0 Å². The SMILES string of the molecule is O=Cc1ccccc1NS(=O)c1ccc(Br)cc1. The molecule has 2 aromatic carbocycles. The highest BCUT2D eigenvalue weighted by molar-refractivity contribution is 9.10. The molecule has 2 rings (SSSR count). The van der Waals surface area contributed by atoms with Crippen molar-refractivity contribution in [1.82, 2.24) is 0 Å². The molecular weight excluding hydrogens is 314 g/mol. The Kier molecular flexibility index (Phi) is 4.28. The fourth-order valence-corrected chi connectivity index (χ4v) is 2.56. The van der Waals surface area contributed by atoms with Gasteiger partial charge in [0.05, 0.1) is 10.6 Å². The summed E-state index contributed by atoms with van der Waals surface area (Å²) in [7, 11) is -1.38. The molecule has 2 aromatic rings. The second-order valence-corrected chi connectivity index (χ2v) is 5.66. The molecule has 0 aliphatic heterocycles. The Bertz CT molecular complexity index is 584. The van der Waals surface area contributed by atoms with Gasteiger partial charge in [-0.05, 0) is 36.4 Å². The van der Waals surface area contributed by atoms with Gasteiger partial charge in [-0.25, -0.2) is 4.21 Å². The Morgan fingerprint density at radius 2 is 1.72 bits per heavy atom. The summed E-state index contributed by atoms with van der Waals surface area (Å²) in [6, 6.07) is 14.1. The van der Waals surface area contributed by atoms with Crippen molar-refractivity contribution in [3.8, 4) is 0 Å². The first-order valence-corrected chi connectivity index (χ1v) is 7.13. The summed E-state index contributed by atoms with van der Waals surface area (Å²) in [6.07, 6.45) is 0.737. The molecule has 3 nitrogen and oxygen atoms in total. The van der Waals surface area contributed by atoms with Crippen LogP contribution in [-0.2, 0) is 11.0 Å². The predicted molar refractivity (Wildman–Crippen MR) is 76.0 cm³/mol. The number of rotatable bonds is 4. The molecule has 0 amide bonds. The van der Waals surface area contributed by atoms with E-state index in [0.717, 1.165) is 10.8 Å². The average molecular weight is 324 g/mol. The molecular formula is C13H10BrNO2S. The summed E-state index contributed by atoms with van der Waals surface area (Å²) in [6.45, 7) is 0. The number of hydrogen-bond donors (Lipinski definition) is 1. The highest BCUT2D eigenvalue weighted by Crippen LogP contribution is 2.18. The quantitative estimate of drug-likeness (QED) is 0.876. The molecule has 92 valence electrons. The first-order chi connectivity index (χ1) is 8.70. The summed E-state index contributed by atoms with van der Waals surface area (Å²) in [5.74, 6) is 0. The summed E-state index contributed by atoms with van der Waals surface area (Å²) in [4.78, 5) is 11.5. The predicted octanol–water partition coefficient (Wildman–Crippen LogP) is 3.40. The largest absolute Gasteiger partial charge is 0.300 e. The summed E-state index contributed by atoms with van der Waals surface area (Å²) < 4.78 is 15.8. The number of carbonyl (C=O) groups is 1. The molecule has 0 aliphatic rings. The molecule has 0 heterocycles. The van der Waals surface area contributed by atoms with Crippen molar-refractivity contribution in [2.45, 2.75) is 4.90 Å². The Morgan fingerprint density at radius 1 is 1.06 bits per heavy atom. The van der Waals surface area contributed by atoms with Crippen LogP contribution in [0.2, 0.25) is 0 Å². The van der Waals surface area contributed by atoms with E-state index in [1.807, 2.05) is 12.1 Å². The minimum absolute atomic E-state index is 0.489. The molecule has 1 atom stereocenters. The van der Waals surface area contributed by atoms with E-state index in [1.54, 1.807) is 36.4 Å². The van der Waals surface area contributed by atoms with Crippen LogP contribution >= 0.6 is 15.9 Å². The molecule has 0 aromatic heterocycles. The maximum atomic E-state index is 12.1. The highest BCUT2D eigenvalue weighted by Gasteiger charge is 2.06. The van der Waals surface area contributed by atoms with Gasteiger partial charge in [0, 0.05) is 10.0 Å². The monoisotopic (exact) mass is 323 g/mol. The van der Waals surface area contributed by atoms with Crippen molar-refractivity contribution in [3.05, 3.63) is 58.6 Å². The molecule has 1 N–H and O–H groups in total. The van der Waals surface area contributed by atoms with Crippen molar-refractivity contribution >= 4 is 38.9 Å². The van der Waals surface area contributed by atoms with Crippen LogP contribution in [0.1, 0.15) is 10.4 Å². The second-order valence-electron chi connectivity index (χ2n) is 3.53. The summed E-state index contributed by atoms with van der Waals surface area (Å²) >= 11 is 3.32. The minimum Gasteiger partial charge on any atom is -0.300 e. The van der Waals surface area contributed by atoms with Crippen molar-refractivity contribution in [2.24, 2.45) is 0 Å². The van der Waals surface area contributed by atoms with Gasteiger partial charge in [0.25, 0.3) is 0 Å². The molecule has 0 bridgehead atoms. The lowest BCUT2D eigenvalue weighted by Gasteiger charge is -2.08. The van der Waals surface area contributed by atoms with Crippen molar-refractivity contribution in [2.75, 3.05) is 4.72 Å². The van der Waals surface area contributed by atoms with Gasteiger partial charge < -0.3 is 4.72 Å². The third kappa shape index (κ3) is 3.05. The van der Waals surface area contributed by atoms with Gasteiger partial charge in [0.2, 0.25) is 0 Å². The number of aldehydes is 1. The lowest BCUT2D eigenvalue weighted by atomic mass is 10.2. The second kappa shape index (κ2) is 5.93. The Balaban J connectivity index is 2.21. The fraction of sp³-hybridized carbons (Fsp3) is 0. The number of anilines is 1. The lowest BCUT2D eigenvalue weighted by Crippen LogP contribution is -2.06. The maximum Gasteiger partial charge on any atom is 0.152 e. The molecule has 5 heteroatoms. The summed E-state index contributed by atoms with van der Waals surface area (Å²) in [5, 5.41) is 0. The van der Waals surface area contributed by atoms with E-state index in [9.17, 15) is 9.00 Å². The number of hydrogen-bond acceptors (Lipinski definition) is 2. The van der Waals surface area contributed by atoms with Gasteiger partial charge in [-0.15, -0.1) is 0 Å². The van der Waals surface area contributed by atoms with Gasteiger partial charge in [-0.1, -0.05) is 28.1 Å². The third-order valence-corrected chi connectivity index (χ3v) is 3.95. The standard InChI is InChI=1S/C13H10BrNO2S/c14-11-5-7-12(8-6-11)18(17)15-13-4-2-1-3-10(13)9-16/h1-9,15H. The van der Waals surface area contributed by atoms with E-state index in [4.69, 9.17) is 0 Å². The van der Waals surface area contributed by atoms with Crippen molar-refractivity contribution in [3.63, 3.8) is 0 Å². The van der Waals surface area contributed by atoms with Crippen LogP contribution in [0, 0.1) is 0 Å². The van der Waals surface area contributed by atoms with Crippen LogP contribution in [0.4, 0.5) is 5.69 Å². The highest BCUT2D eigenvalue weighted by atomic mass is 79.9. The number of para-hydroxylation sites is 1. The van der Waals surface area contributed by atoms with Crippen LogP contribution < -0.4 is 4.72 Å². The molecule has 0 spiro atoms. The topological polar surface area (TPSA) is 46.2 Å². The van der Waals surface area contributed by atoms with E-state index in [0.29, 0.717) is 16.1 Å². The molecule has 0 fully saturated rings.